The molecule has 1 aromatic carbocycles. The molecule has 0 aliphatic carbocycles. The van der Waals surface area contributed by atoms with Gasteiger partial charge in [0.15, 0.2) is 0 Å². The van der Waals surface area contributed by atoms with Crippen LogP contribution >= 0.6 is 22.6 Å². The van der Waals surface area contributed by atoms with Gasteiger partial charge in [0.25, 0.3) is 0 Å². The van der Waals surface area contributed by atoms with E-state index in [1.807, 2.05) is 0 Å². The van der Waals surface area contributed by atoms with E-state index in [2.05, 4.69) is 59.1 Å². The first-order valence-electron chi connectivity index (χ1n) is 5.36. The fraction of sp³-hybridized carbons (Fsp3) is 0.500. The first-order chi connectivity index (χ1) is 7.33. The molecule has 84 valence electrons. The average Bonchev–Trinajstić information content (AvgIpc) is 2.26. The number of rotatable bonds is 7. The van der Waals surface area contributed by atoms with E-state index in [4.69, 9.17) is 4.74 Å². The van der Waals surface area contributed by atoms with Crippen LogP contribution in [0.15, 0.2) is 24.3 Å². The van der Waals surface area contributed by atoms with Gasteiger partial charge in [-0.15, -0.1) is 0 Å². The Kier molecular flexibility index (Phi) is 6.96. The van der Waals surface area contributed by atoms with Gasteiger partial charge in [0.2, 0.25) is 0 Å². The van der Waals surface area contributed by atoms with Crippen molar-refractivity contribution in [3.05, 3.63) is 33.4 Å². The van der Waals surface area contributed by atoms with Gasteiger partial charge < -0.3 is 10.1 Å². The second-order valence-corrected chi connectivity index (χ2v) is 4.67. The highest BCUT2D eigenvalue weighted by Crippen LogP contribution is 2.07. The van der Waals surface area contributed by atoms with Gasteiger partial charge >= 0.3 is 0 Å². The first-order valence-corrected chi connectivity index (χ1v) is 6.43. The lowest BCUT2D eigenvalue weighted by molar-refractivity contribution is 0.123. The summed E-state index contributed by atoms with van der Waals surface area (Å²) in [7, 11) is 0. The van der Waals surface area contributed by atoms with E-state index in [9.17, 15) is 0 Å². The van der Waals surface area contributed by atoms with Crippen LogP contribution in [-0.4, -0.2) is 19.7 Å². The second kappa shape index (κ2) is 8.07. The molecule has 0 aliphatic heterocycles. The van der Waals surface area contributed by atoms with Gasteiger partial charge in [0, 0.05) is 10.1 Å². The maximum Gasteiger partial charge on any atom is 0.0717 e. The topological polar surface area (TPSA) is 21.3 Å². The van der Waals surface area contributed by atoms with E-state index in [1.165, 1.54) is 15.6 Å². The van der Waals surface area contributed by atoms with Crippen molar-refractivity contribution in [2.45, 2.75) is 20.0 Å². The minimum atomic E-state index is 0.713. The zero-order chi connectivity index (χ0) is 10.9. The zero-order valence-corrected chi connectivity index (χ0v) is 11.3. The lowest BCUT2D eigenvalue weighted by Gasteiger charge is -2.05. The number of hydrogen-bond acceptors (Lipinski definition) is 2. The van der Waals surface area contributed by atoms with Crippen LogP contribution in [-0.2, 0) is 11.3 Å². The van der Waals surface area contributed by atoms with E-state index in [0.29, 0.717) is 6.61 Å². The number of nitrogens with one attached hydrogen (secondary N) is 1. The van der Waals surface area contributed by atoms with Crippen LogP contribution in [0.2, 0.25) is 0 Å². The Hall–Kier alpha value is -0.130. The minimum Gasteiger partial charge on any atom is -0.375 e. The Bertz CT molecular complexity index is 261. The SMILES string of the molecule is CCCNCCOCc1ccc(I)cc1. The molecule has 0 atom stereocenters. The van der Waals surface area contributed by atoms with E-state index in [-0.39, 0.29) is 0 Å². The van der Waals surface area contributed by atoms with Crippen LogP contribution in [0.5, 0.6) is 0 Å². The Labute approximate surface area is 106 Å². The summed E-state index contributed by atoms with van der Waals surface area (Å²) in [5.74, 6) is 0. The van der Waals surface area contributed by atoms with Gasteiger partial charge in [0.1, 0.15) is 0 Å². The summed E-state index contributed by atoms with van der Waals surface area (Å²) in [5, 5.41) is 3.30. The average molecular weight is 319 g/mol. The smallest absolute Gasteiger partial charge is 0.0717 e. The predicted molar refractivity (Wildman–Crippen MR) is 72.0 cm³/mol. The van der Waals surface area contributed by atoms with E-state index in [1.54, 1.807) is 0 Å². The standard InChI is InChI=1S/C12H18INO/c1-2-7-14-8-9-15-10-11-3-5-12(13)6-4-11/h3-6,14H,2,7-10H2,1H3. The molecule has 1 rings (SSSR count). The van der Waals surface area contributed by atoms with Crippen molar-refractivity contribution in [3.8, 4) is 0 Å². The summed E-state index contributed by atoms with van der Waals surface area (Å²) in [4.78, 5) is 0. The molecule has 0 saturated carbocycles. The Morgan fingerprint density at radius 2 is 1.93 bits per heavy atom. The lowest BCUT2D eigenvalue weighted by Crippen LogP contribution is -2.20. The summed E-state index contributed by atoms with van der Waals surface area (Å²) in [6.07, 6.45) is 1.18. The highest BCUT2D eigenvalue weighted by Gasteiger charge is 1.93. The van der Waals surface area contributed by atoms with Crippen molar-refractivity contribution in [1.82, 2.24) is 5.32 Å². The van der Waals surface area contributed by atoms with Gasteiger partial charge in [0.05, 0.1) is 13.2 Å². The highest BCUT2D eigenvalue weighted by atomic mass is 127. The minimum absolute atomic E-state index is 0.713. The van der Waals surface area contributed by atoms with Gasteiger partial charge in [-0.25, -0.2) is 0 Å². The van der Waals surface area contributed by atoms with Crippen molar-refractivity contribution >= 4 is 22.6 Å². The zero-order valence-electron chi connectivity index (χ0n) is 9.13. The quantitative estimate of drug-likeness (QED) is 0.616. The molecule has 15 heavy (non-hydrogen) atoms. The lowest BCUT2D eigenvalue weighted by atomic mass is 10.2. The monoisotopic (exact) mass is 319 g/mol. The molecule has 0 radical (unpaired) electrons. The van der Waals surface area contributed by atoms with Crippen LogP contribution in [0, 0.1) is 3.57 Å². The molecule has 2 nitrogen and oxygen atoms in total. The molecule has 0 aromatic heterocycles. The van der Waals surface area contributed by atoms with Crippen LogP contribution < -0.4 is 5.32 Å². The Balaban J connectivity index is 2.07. The summed E-state index contributed by atoms with van der Waals surface area (Å²) >= 11 is 2.31. The van der Waals surface area contributed by atoms with Crippen LogP contribution in [0.3, 0.4) is 0 Å². The number of halogens is 1. The third kappa shape index (κ3) is 6.12. The first kappa shape index (κ1) is 12.9. The molecule has 1 N–H and O–H groups in total. The van der Waals surface area contributed by atoms with Crippen molar-refractivity contribution in [1.29, 1.82) is 0 Å². The van der Waals surface area contributed by atoms with Crippen LogP contribution in [0.1, 0.15) is 18.9 Å². The summed E-state index contributed by atoms with van der Waals surface area (Å²) < 4.78 is 6.81. The van der Waals surface area contributed by atoms with Crippen molar-refractivity contribution in [3.63, 3.8) is 0 Å². The number of ether oxygens (including phenoxy) is 1. The molecular weight excluding hydrogens is 301 g/mol. The van der Waals surface area contributed by atoms with E-state index >= 15 is 0 Å². The summed E-state index contributed by atoms with van der Waals surface area (Å²) in [6.45, 7) is 5.68. The molecule has 3 heteroatoms. The maximum absolute atomic E-state index is 5.54. The fourth-order valence-corrected chi connectivity index (χ4v) is 1.58. The molecule has 0 fully saturated rings. The van der Waals surface area contributed by atoms with Gasteiger partial charge in [-0.3, -0.25) is 0 Å². The molecule has 0 amide bonds. The highest BCUT2D eigenvalue weighted by molar-refractivity contribution is 14.1. The van der Waals surface area contributed by atoms with Crippen LogP contribution in [0.4, 0.5) is 0 Å². The molecule has 0 heterocycles. The number of hydrogen-bond donors (Lipinski definition) is 1. The summed E-state index contributed by atoms with van der Waals surface area (Å²) in [6, 6.07) is 8.44. The summed E-state index contributed by atoms with van der Waals surface area (Å²) in [5.41, 5.74) is 1.24. The van der Waals surface area contributed by atoms with Crippen molar-refractivity contribution in [2.24, 2.45) is 0 Å². The fourth-order valence-electron chi connectivity index (χ4n) is 1.22. The van der Waals surface area contributed by atoms with Gasteiger partial charge in [-0.05, 0) is 53.3 Å². The molecule has 0 spiro atoms. The normalized spacial score (nSPS) is 10.5. The molecule has 0 saturated heterocycles. The largest absolute Gasteiger partial charge is 0.375 e. The van der Waals surface area contributed by atoms with Crippen molar-refractivity contribution < 1.29 is 4.74 Å². The van der Waals surface area contributed by atoms with Crippen molar-refractivity contribution in [2.75, 3.05) is 19.7 Å². The van der Waals surface area contributed by atoms with Crippen LogP contribution in [0.25, 0.3) is 0 Å². The van der Waals surface area contributed by atoms with E-state index in [0.717, 1.165) is 19.7 Å². The maximum atomic E-state index is 5.54. The third-order valence-corrected chi connectivity index (χ3v) is 2.75. The molecule has 1 aromatic rings. The van der Waals surface area contributed by atoms with Gasteiger partial charge in [-0.2, -0.15) is 0 Å². The number of benzene rings is 1. The molecule has 0 unspecified atom stereocenters. The Morgan fingerprint density at radius 1 is 1.20 bits per heavy atom. The molecular formula is C12H18INO. The molecule has 0 bridgehead atoms. The second-order valence-electron chi connectivity index (χ2n) is 3.43. The molecule has 0 aliphatic rings. The van der Waals surface area contributed by atoms with E-state index < -0.39 is 0 Å². The van der Waals surface area contributed by atoms with Gasteiger partial charge in [-0.1, -0.05) is 19.1 Å². The predicted octanol–water partition coefficient (Wildman–Crippen LogP) is 2.81. The third-order valence-electron chi connectivity index (χ3n) is 2.03. The Morgan fingerprint density at radius 3 is 2.60 bits per heavy atom.